The maximum absolute atomic E-state index is 12.4. The van der Waals surface area contributed by atoms with E-state index in [0.717, 1.165) is 5.56 Å². The molecule has 0 aliphatic rings. The highest BCUT2D eigenvalue weighted by Crippen LogP contribution is 2.26. The molecule has 0 aliphatic carbocycles. The number of carbonyl (C=O) groups is 1. The van der Waals surface area contributed by atoms with Crippen LogP contribution in [-0.4, -0.2) is 25.1 Å². The van der Waals surface area contributed by atoms with Gasteiger partial charge in [0.1, 0.15) is 17.3 Å². The Labute approximate surface area is 151 Å². The van der Waals surface area contributed by atoms with E-state index in [9.17, 15) is 4.79 Å². The molecular weight excluding hydrogens is 332 g/mol. The predicted molar refractivity (Wildman–Crippen MR) is 98.6 cm³/mol. The van der Waals surface area contributed by atoms with Crippen molar-refractivity contribution in [1.29, 1.82) is 0 Å². The summed E-state index contributed by atoms with van der Waals surface area (Å²) in [5.74, 6) is 2.20. The number of aromatic nitrogens is 1. The van der Waals surface area contributed by atoms with Crippen LogP contribution in [0.25, 0.3) is 11.5 Å². The van der Waals surface area contributed by atoms with Crippen LogP contribution in [0.2, 0.25) is 0 Å². The van der Waals surface area contributed by atoms with Gasteiger partial charge in [-0.3, -0.25) is 4.79 Å². The van der Waals surface area contributed by atoms with E-state index in [4.69, 9.17) is 13.9 Å². The maximum atomic E-state index is 12.4. The fourth-order valence-electron chi connectivity index (χ4n) is 2.57. The predicted octanol–water partition coefficient (Wildman–Crippen LogP) is 3.85. The van der Waals surface area contributed by atoms with E-state index >= 15 is 0 Å². The molecular formula is C20H20N2O4. The molecule has 0 spiro atoms. The largest absolute Gasteiger partial charge is 0.497 e. The molecule has 6 nitrogen and oxygen atoms in total. The maximum Gasteiger partial charge on any atom is 0.230 e. The lowest BCUT2D eigenvalue weighted by molar-refractivity contribution is -0.115. The second-order valence-corrected chi connectivity index (χ2v) is 5.68. The van der Waals surface area contributed by atoms with E-state index in [1.807, 2.05) is 36.4 Å². The van der Waals surface area contributed by atoms with Gasteiger partial charge in [0.05, 0.1) is 32.0 Å². The number of hydrogen-bond donors (Lipinski definition) is 1. The minimum Gasteiger partial charge on any atom is -0.497 e. The van der Waals surface area contributed by atoms with Crippen LogP contribution >= 0.6 is 0 Å². The average molecular weight is 352 g/mol. The van der Waals surface area contributed by atoms with Gasteiger partial charge in [0, 0.05) is 5.56 Å². The van der Waals surface area contributed by atoms with Crippen molar-refractivity contribution in [2.24, 2.45) is 0 Å². The number of ether oxygens (including phenoxy) is 2. The first-order valence-corrected chi connectivity index (χ1v) is 8.14. The smallest absolute Gasteiger partial charge is 0.230 e. The Balaban J connectivity index is 1.76. The first-order chi connectivity index (χ1) is 12.6. The van der Waals surface area contributed by atoms with Crippen molar-refractivity contribution in [3.63, 3.8) is 0 Å². The van der Waals surface area contributed by atoms with Gasteiger partial charge >= 0.3 is 0 Å². The second-order valence-electron chi connectivity index (χ2n) is 5.68. The Kier molecular flexibility index (Phi) is 5.22. The zero-order valence-corrected chi connectivity index (χ0v) is 14.9. The lowest BCUT2D eigenvalue weighted by Gasteiger charge is -2.09. The van der Waals surface area contributed by atoms with Gasteiger partial charge in [-0.2, -0.15) is 0 Å². The highest BCUT2D eigenvalue weighted by atomic mass is 16.5. The minimum absolute atomic E-state index is 0.108. The molecule has 1 amide bonds. The summed E-state index contributed by atoms with van der Waals surface area (Å²) in [6.07, 6.45) is 0.108. The molecule has 134 valence electrons. The van der Waals surface area contributed by atoms with Gasteiger partial charge in [0.25, 0.3) is 0 Å². The SMILES string of the molecule is COc1cccc(-c2nc(CC(=O)Nc3ccccc3OC)c(C)o2)c1. The number of methoxy groups -OCH3 is 2. The van der Waals surface area contributed by atoms with Crippen LogP contribution in [-0.2, 0) is 11.2 Å². The Morgan fingerprint density at radius 3 is 2.69 bits per heavy atom. The molecule has 0 saturated heterocycles. The van der Waals surface area contributed by atoms with Crippen molar-refractivity contribution in [1.82, 2.24) is 4.98 Å². The molecule has 1 N–H and O–H groups in total. The van der Waals surface area contributed by atoms with E-state index in [1.54, 1.807) is 33.3 Å². The number of benzene rings is 2. The lowest BCUT2D eigenvalue weighted by atomic mass is 10.2. The molecule has 0 aliphatic heterocycles. The number of rotatable bonds is 6. The van der Waals surface area contributed by atoms with Gasteiger partial charge in [0.2, 0.25) is 11.8 Å². The van der Waals surface area contributed by atoms with Crippen LogP contribution in [0.15, 0.2) is 52.9 Å². The Hall–Kier alpha value is -3.28. The molecule has 0 fully saturated rings. The van der Waals surface area contributed by atoms with E-state index in [0.29, 0.717) is 34.5 Å². The highest BCUT2D eigenvalue weighted by Gasteiger charge is 2.16. The number of anilines is 1. The van der Waals surface area contributed by atoms with Crippen molar-refractivity contribution < 1.29 is 18.7 Å². The minimum atomic E-state index is -0.192. The number of carbonyl (C=O) groups excluding carboxylic acids is 1. The van der Waals surface area contributed by atoms with Crippen molar-refractivity contribution >= 4 is 11.6 Å². The Bertz CT molecular complexity index is 918. The van der Waals surface area contributed by atoms with E-state index in [-0.39, 0.29) is 12.3 Å². The lowest BCUT2D eigenvalue weighted by Crippen LogP contribution is -2.15. The van der Waals surface area contributed by atoms with Crippen LogP contribution in [0.5, 0.6) is 11.5 Å². The molecule has 1 heterocycles. The summed E-state index contributed by atoms with van der Waals surface area (Å²) in [7, 11) is 3.17. The second kappa shape index (κ2) is 7.74. The van der Waals surface area contributed by atoms with Gasteiger partial charge in [-0.1, -0.05) is 18.2 Å². The van der Waals surface area contributed by atoms with Crippen LogP contribution in [0.4, 0.5) is 5.69 Å². The number of amides is 1. The summed E-state index contributed by atoms with van der Waals surface area (Å²) in [5.41, 5.74) is 2.01. The van der Waals surface area contributed by atoms with Crippen LogP contribution in [0.3, 0.4) is 0 Å². The van der Waals surface area contributed by atoms with Crippen molar-refractivity contribution in [2.45, 2.75) is 13.3 Å². The summed E-state index contributed by atoms with van der Waals surface area (Å²) in [4.78, 5) is 16.8. The number of para-hydroxylation sites is 2. The number of hydrogen-bond acceptors (Lipinski definition) is 5. The third kappa shape index (κ3) is 3.85. The summed E-state index contributed by atoms with van der Waals surface area (Å²) >= 11 is 0. The topological polar surface area (TPSA) is 73.6 Å². The molecule has 0 atom stereocenters. The normalized spacial score (nSPS) is 10.4. The third-order valence-electron chi connectivity index (χ3n) is 3.92. The molecule has 6 heteroatoms. The Morgan fingerprint density at radius 1 is 1.12 bits per heavy atom. The van der Waals surface area contributed by atoms with Crippen molar-refractivity contribution in [3.05, 3.63) is 60.0 Å². The molecule has 3 rings (SSSR count). The molecule has 0 saturated carbocycles. The molecule has 1 aromatic heterocycles. The van der Waals surface area contributed by atoms with E-state index in [2.05, 4.69) is 10.3 Å². The fraction of sp³-hybridized carbons (Fsp3) is 0.200. The average Bonchev–Trinajstić information content (AvgIpc) is 3.02. The molecule has 3 aromatic rings. The molecule has 0 radical (unpaired) electrons. The van der Waals surface area contributed by atoms with Crippen molar-refractivity contribution in [2.75, 3.05) is 19.5 Å². The standard InChI is InChI=1S/C20H20N2O4/c1-13-17(12-19(23)21-16-9-4-5-10-18(16)25-3)22-20(26-13)14-7-6-8-15(11-14)24-2/h4-11H,12H2,1-3H3,(H,21,23). The molecule has 26 heavy (non-hydrogen) atoms. The van der Waals surface area contributed by atoms with Gasteiger partial charge in [-0.15, -0.1) is 0 Å². The summed E-state index contributed by atoms with van der Waals surface area (Å²) in [6.45, 7) is 1.79. The fourth-order valence-corrected chi connectivity index (χ4v) is 2.57. The number of nitrogens with zero attached hydrogens (tertiary/aromatic N) is 1. The summed E-state index contributed by atoms with van der Waals surface area (Å²) in [6, 6.07) is 14.7. The zero-order valence-electron chi connectivity index (χ0n) is 14.9. The van der Waals surface area contributed by atoms with Crippen LogP contribution in [0, 0.1) is 6.92 Å². The third-order valence-corrected chi connectivity index (χ3v) is 3.92. The number of oxazole rings is 1. The van der Waals surface area contributed by atoms with Gasteiger partial charge in [-0.05, 0) is 37.3 Å². The molecule has 2 aromatic carbocycles. The summed E-state index contributed by atoms with van der Waals surface area (Å²) in [5, 5.41) is 2.84. The number of nitrogens with one attached hydrogen (secondary N) is 1. The molecule has 0 unspecified atom stereocenters. The molecule has 0 bridgehead atoms. The highest BCUT2D eigenvalue weighted by molar-refractivity contribution is 5.93. The summed E-state index contributed by atoms with van der Waals surface area (Å²) < 4.78 is 16.2. The first kappa shape index (κ1) is 17.5. The van der Waals surface area contributed by atoms with Crippen molar-refractivity contribution in [3.8, 4) is 23.0 Å². The van der Waals surface area contributed by atoms with Gasteiger partial charge < -0.3 is 19.2 Å². The Morgan fingerprint density at radius 2 is 1.92 bits per heavy atom. The van der Waals surface area contributed by atoms with Gasteiger partial charge in [0.15, 0.2) is 0 Å². The van der Waals surface area contributed by atoms with Crippen LogP contribution < -0.4 is 14.8 Å². The van der Waals surface area contributed by atoms with E-state index < -0.39 is 0 Å². The van der Waals surface area contributed by atoms with Gasteiger partial charge in [-0.25, -0.2) is 4.98 Å². The zero-order chi connectivity index (χ0) is 18.5. The quantitative estimate of drug-likeness (QED) is 0.729. The first-order valence-electron chi connectivity index (χ1n) is 8.14. The number of aryl methyl sites for hydroxylation is 1. The van der Waals surface area contributed by atoms with Crippen LogP contribution in [0.1, 0.15) is 11.5 Å². The monoisotopic (exact) mass is 352 g/mol. The van der Waals surface area contributed by atoms with E-state index in [1.165, 1.54) is 0 Å².